The van der Waals surface area contributed by atoms with Crippen LogP contribution in [-0.4, -0.2) is 103 Å². The molecule has 3 aliphatic heterocycles. The van der Waals surface area contributed by atoms with Crippen molar-refractivity contribution in [2.75, 3.05) is 13.1 Å². The van der Waals surface area contributed by atoms with Gasteiger partial charge in [-0.05, 0) is 141 Å². The molecule has 304 valence electrons. The van der Waals surface area contributed by atoms with Crippen LogP contribution in [0.4, 0.5) is 14.4 Å². The van der Waals surface area contributed by atoms with Gasteiger partial charge in [0.25, 0.3) is 0 Å². The molecule has 0 saturated heterocycles. The first kappa shape index (κ1) is 47.8. The monoisotopic (exact) mass is 781 g/mol. The molecule has 0 aromatic heterocycles. The SMILES string of the molecule is CC1C=C(O[Si](C)(C)C)CCN1C(=O)OC(C)(C)C.CC1CC(=O)C=CN1C(=O)OC(C)(C)C.CC1CC(O[Si](C)(C)C)=CCN1C(=O)OC(C)(C)C. The lowest BCUT2D eigenvalue weighted by atomic mass is 10.1. The van der Waals surface area contributed by atoms with Crippen LogP contribution in [0.25, 0.3) is 0 Å². The molecule has 0 radical (unpaired) electrons. The van der Waals surface area contributed by atoms with Crippen molar-refractivity contribution in [2.45, 2.75) is 177 Å². The minimum atomic E-state index is -1.56. The summed E-state index contributed by atoms with van der Waals surface area (Å²) >= 11 is 0. The molecule has 14 heteroatoms. The zero-order chi connectivity index (χ0) is 41.3. The molecule has 0 aromatic carbocycles. The predicted octanol–water partition coefficient (Wildman–Crippen LogP) is 9.60. The first-order valence-corrected chi connectivity index (χ1v) is 25.6. The summed E-state index contributed by atoms with van der Waals surface area (Å²) in [6.07, 6.45) is 7.93. The standard InChI is InChI=1S/2C14H27NO3Si.C11H17NO3/c2*1-11-10-12(18-19(5,6)7)8-9-15(11)13(16)17-14(2,3)4;1-8-7-9(13)5-6-12(8)10(14)15-11(2,3)4/h10-11H,8-9H2,1-7H3;8,11H,9-10H2,1-7H3;5-6,8H,7H2,1-4H3. The van der Waals surface area contributed by atoms with E-state index in [2.05, 4.69) is 39.3 Å². The van der Waals surface area contributed by atoms with Gasteiger partial charge in [0, 0.05) is 50.6 Å². The van der Waals surface area contributed by atoms with Crippen molar-refractivity contribution in [3.8, 4) is 0 Å². The molecule has 0 aliphatic carbocycles. The fourth-order valence-electron chi connectivity index (χ4n) is 5.17. The number of carbonyl (C=O) groups is 4. The Morgan fingerprint density at radius 1 is 0.660 bits per heavy atom. The number of hydrogen-bond donors (Lipinski definition) is 0. The molecular weight excluding hydrogens is 711 g/mol. The van der Waals surface area contributed by atoms with Gasteiger partial charge in [-0.1, -0.05) is 0 Å². The summed E-state index contributed by atoms with van der Waals surface area (Å²) in [7, 11) is -3.13. The van der Waals surface area contributed by atoms with Crippen LogP contribution in [0.2, 0.25) is 39.3 Å². The molecule has 3 atom stereocenters. The lowest BCUT2D eigenvalue weighted by Crippen LogP contribution is -2.45. The first-order chi connectivity index (χ1) is 23.7. The fraction of sp³-hybridized carbons (Fsp3) is 0.744. The Hall–Kier alpha value is -3.27. The van der Waals surface area contributed by atoms with Gasteiger partial charge in [0.2, 0.25) is 16.6 Å². The van der Waals surface area contributed by atoms with Crippen LogP contribution in [0, 0.1) is 0 Å². The summed E-state index contributed by atoms with van der Waals surface area (Å²) in [5, 5.41) is 0. The molecule has 0 aromatic rings. The Morgan fingerprint density at radius 2 is 1.11 bits per heavy atom. The molecule has 0 fully saturated rings. The molecule has 3 heterocycles. The zero-order valence-corrected chi connectivity index (χ0v) is 38.1. The lowest BCUT2D eigenvalue weighted by Gasteiger charge is -2.35. The average molecular weight is 782 g/mol. The van der Waals surface area contributed by atoms with Crippen LogP contribution in [0.15, 0.2) is 35.9 Å². The minimum Gasteiger partial charge on any atom is -0.547 e. The van der Waals surface area contributed by atoms with Crippen LogP contribution in [0.3, 0.4) is 0 Å². The third-order valence-corrected chi connectivity index (χ3v) is 8.94. The number of carbonyl (C=O) groups excluding carboxylic acids is 4. The quantitative estimate of drug-likeness (QED) is 0.203. The van der Waals surface area contributed by atoms with Crippen molar-refractivity contribution in [3.63, 3.8) is 0 Å². The molecule has 0 saturated carbocycles. The summed E-state index contributed by atoms with van der Waals surface area (Å²) in [6, 6.07) is 0.0125. The smallest absolute Gasteiger partial charge is 0.414 e. The molecular formula is C39H71N3O9Si2. The van der Waals surface area contributed by atoms with Crippen LogP contribution in [0.5, 0.6) is 0 Å². The summed E-state index contributed by atoms with van der Waals surface area (Å²) in [6.45, 7) is 36.8. The maximum atomic E-state index is 12.1. The molecule has 12 nitrogen and oxygen atoms in total. The zero-order valence-electron chi connectivity index (χ0n) is 36.1. The van der Waals surface area contributed by atoms with Gasteiger partial charge in [0.1, 0.15) is 16.8 Å². The summed E-state index contributed by atoms with van der Waals surface area (Å²) in [5.41, 5.74) is -1.41. The van der Waals surface area contributed by atoms with Crippen molar-refractivity contribution < 1.29 is 42.2 Å². The topological polar surface area (TPSA) is 124 Å². The van der Waals surface area contributed by atoms with E-state index in [4.69, 9.17) is 23.1 Å². The van der Waals surface area contributed by atoms with E-state index >= 15 is 0 Å². The summed E-state index contributed by atoms with van der Waals surface area (Å²) in [4.78, 5) is 51.8. The van der Waals surface area contributed by atoms with Gasteiger partial charge in [-0.15, -0.1) is 0 Å². The van der Waals surface area contributed by atoms with Crippen molar-refractivity contribution >= 4 is 40.7 Å². The second-order valence-electron chi connectivity index (χ2n) is 18.8. The van der Waals surface area contributed by atoms with E-state index in [0.29, 0.717) is 19.5 Å². The number of hydrogen-bond acceptors (Lipinski definition) is 9. The molecule has 0 bridgehead atoms. The Balaban J connectivity index is 0.000000401. The summed E-state index contributed by atoms with van der Waals surface area (Å²) < 4.78 is 28.0. The highest BCUT2D eigenvalue weighted by atomic mass is 28.4. The number of nitrogens with zero attached hydrogens (tertiary/aromatic N) is 3. The van der Waals surface area contributed by atoms with E-state index in [9.17, 15) is 19.2 Å². The molecule has 3 rings (SSSR count). The Kier molecular flexibility index (Phi) is 17.0. The second kappa shape index (κ2) is 18.9. The van der Waals surface area contributed by atoms with Gasteiger partial charge in [-0.3, -0.25) is 9.69 Å². The number of ketones is 1. The van der Waals surface area contributed by atoms with Crippen LogP contribution < -0.4 is 0 Å². The normalized spacial score (nSPS) is 21.1. The van der Waals surface area contributed by atoms with Gasteiger partial charge >= 0.3 is 18.3 Å². The Bertz CT molecular complexity index is 1330. The van der Waals surface area contributed by atoms with Gasteiger partial charge in [0.15, 0.2) is 5.78 Å². The van der Waals surface area contributed by atoms with Gasteiger partial charge < -0.3 is 32.9 Å². The van der Waals surface area contributed by atoms with Gasteiger partial charge in [-0.2, -0.15) is 0 Å². The third-order valence-electron chi connectivity index (χ3n) is 7.19. The average Bonchev–Trinajstić information content (AvgIpc) is 2.89. The van der Waals surface area contributed by atoms with Crippen LogP contribution >= 0.6 is 0 Å². The largest absolute Gasteiger partial charge is 0.547 e. The van der Waals surface area contributed by atoms with E-state index in [0.717, 1.165) is 24.4 Å². The predicted molar refractivity (Wildman–Crippen MR) is 215 cm³/mol. The maximum Gasteiger partial charge on any atom is 0.414 e. The van der Waals surface area contributed by atoms with Crippen molar-refractivity contribution in [1.82, 2.24) is 14.7 Å². The molecule has 0 spiro atoms. The molecule has 0 N–H and O–H groups in total. The summed E-state index contributed by atoms with van der Waals surface area (Å²) in [5.74, 6) is 2.08. The van der Waals surface area contributed by atoms with Crippen molar-refractivity contribution in [2.24, 2.45) is 0 Å². The highest BCUT2D eigenvalue weighted by molar-refractivity contribution is 6.70. The number of ether oxygens (including phenoxy) is 3. The van der Waals surface area contributed by atoms with Gasteiger partial charge in [0.05, 0.1) is 17.6 Å². The first-order valence-electron chi connectivity index (χ1n) is 18.7. The van der Waals surface area contributed by atoms with Crippen LogP contribution in [0.1, 0.15) is 102 Å². The van der Waals surface area contributed by atoms with E-state index in [-0.39, 0.29) is 36.1 Å². The Labute approximate surface area is 322 Å². The fourth-order valence-corrected chi connectivity index (χ4v) is 7.08. The van der Waals surface area contributed by atoms with E-state index in [1.54, 1.807) is 9.80 Å². The number of amides is 3. The highest BCUT2D eigenvalue weighted by Gasteiger charge is 2.32. The second-order valence-corrected chi connectivity index (χ2v) is 27.7. The minimum absolute atomic E-state index is 0.0231. The molecule has 3 aliphatic rings. The van der Waals surface area contributed by atoms with Crippen molar-refractivity contribution in [3.05, 3.63) is 35.9 Å². The molecule has 3 amide bonds. The van der Waals surface area contributed by atoms with Crippen LogP contribution in [-0.2, 0) is 27.9 Å². The van der Waals surface area contributed by atoms with E-state index in [1.165, 1.54) is 17.2 Å². The molecule has 3 unspecified atom stereocenters. The lowest BCUT2D eigenvalue weighted by molar-refractivity contribution is -0.116. The third kappa shape index (κ3) is 20.1. The number of rotatable bonds is 4. The van der Waals surface area contributed by atoms with Crippen molar-refractivity contribution in [1.29, 1.82) is 0 Å². The van der Waals surface area contributed by atoms with Gasteiger partial charge in [-0.25, -0.2) is 14.4 Å². The van der Waals surface area contributed by atoms with E-state index < -0.39 is 39.5 Å². The van der Waals surface area contributed by atoms with E-state index in [1.807, 2.05) is 95.2 Å². The molecule has 53 heavy (non-hydrogen) atoms. The maximum absolute atomic E-state index is 12.1. The Morgan fingerprint density at radius 3 is 1.53 bits per heavy atom. The highest BCUT2D eigenvalue weighted by Crippen LogP contribution is 2.25. The number of allylic oxidation sites excluding steroid dienone is 1.